The lowest BCUT2D eigenvalue weighted by atomic mass is 10.1. The molecule has 1 saturated heterocycles. The molecule has 1 aliphatic heterocycles. The second-order valence-corrected chi connectivity index (χ2v) is 6.56. The molecule has 1 aliphatic rings. The van der Waals surface area contributed by atoms with Gasteiger partial charge >= 0.3 is 0 Å². The average molecular weight is 345 g/mol. The Balaban J connectivity index is 1.93. The number of aliphatic hydroxyl groups is 1. The third-order valence-corrected chi connectivity index (χ3v) is 4.10. The van der Waals surface area contributed by atoms with E-state index < -0.39 is 17.3 Å². The van der Waals surface area contributed by atoms with Crippen LogP contribution < -0.4 is 5.32 Å². The third kappa shape index (κ3) is 5.14. The minimum absolute atomic E-state index is 0.0541. The zero-order chi connectivity index (χ0) is 17.0. The van der Waals surface area contributed by atoms with Crippen molar-refractivity contribution in [1.82, 2.24) is 10.2 Å². The molecular formula is C16H22ClFN2O3. The van der Waals surface area contributed by atoms with E-state index in [1.807, 2.05) is 0 Å². The van der Waals surface area contributed by atoms with E-state index in [2.05, 4.69) is 10.2 Å². The van der Waals surface area contributed by atoms with Gasteiger partial charge in [0.15, 0.2) is 0 Å². The minimum Gasteiger partial charge on any atom is -0.387 e. The van der Waals surface area contributed by atoms with Gasteiger partial charge in [-0.05, 0) is 31.5 Å². The van der Waals surface area contributed by atoms with Crippen LogP contribution in [0, 0.1) is 12.7 Å². The molecule has 128 valence electrons. The Morgan fingerprint density at radius 1 is 1.48 bits per heavy atom. The molecule has 7 heteroatoms. The largest absolute Gasteiger partial charge is 0.387 e. The Hall–Kier alpha value is -1.21. The van der Waals surface area contributed by atoms with E-state index >= 15 is 0 Å². The number of hydrogen-bond acceptors (Lipinski definition) is 4. The quantitative estimate of drug-likeness (QED) is 0.851. The van der Waals surface area contributed by atoms with Crippen LogP contribution in [-0.2, 0) is 4.74 Å². The summed E-state index contributed by atoms with van der Waals surface area (Å²) >= 11 is 5.92. The Bertz CT molecular complexity index is 575. The van der Waals surface area contributed by atoms with E-state index in [4.69, 9.17) is 16.3 Å². The van der Waals surface area contributed by atoms with Gasteiger partial charge in [0, 0.05) is 26.2 Å². The van der Waals surface area contributed by atoms with Crippen LogP contribution >= 0.6 is 11.6 Å². The molecule has 1 atom stereocenters. The molecule has 0 saturated carbocycles. The number of nitrogens with one attached hydrogen (secondary N) is 1. The summed E-state index contributed by atoms with van der Waals surface area (Å²) in [5.74, 6) is -0.883. The van der Waals surface area contributed by atoms with E-state index in [-0.39, 0.29) is 17.1 Å². The molecule has 0 spiro atoms. The number of β-amino-alcohol motifs (C(OH)–C–C–N with tert-alkyl or cyclic N) is 1. The van der Waals surface area contributed by atoms with Gasteiger partial charge in [-0.15, -0.1) is 0 Å². The van der Waals surface area contributed by atoms with E-state index in [0.29, 0.717) is 25.3 Å². The van der Waals surface area contributed by atoms with Crippen molar-refractivity contribution in [3.05, 3.63) is 34.1 Å². The topological polar surface area (TPSA) is 61.8 Å². The normalized spacial score (nSPS) is 18.5. The maximum Gasteiger partial charge on any atom is 0.252 e. The van der Waals surface area contributed by atoms with E-state index in [9.17, 15) is 14.3 Å². The number of ether oxygens (including phenoxy) is 1. The van der Waals surface area contributed by atoms with Gasteiger partial charge in [0.25, 0.3) is 5.91 Å². The summed E-state index contributed by atoms with van der Waals surface area (Å²) in [5, 5.41) is 13.2. The molecule has 1 aromatic carbocycles. The SMILES string of the molecule is Cc1cc(C(=O)NCC(C)(O)CN2CCOCC2)c(Cl)cc1F. The lowest BCUT2D eigenvalue weighted by Gasteiger charge is -2.33. The van der Waals surface area contributed by atoms with Crippen molar-refractivity contribution in [2.45, 2.75) is 19.4 Å². The zero-order valence-electron chi connectivity index (χ0n) is 13.4. The van der Waals surface area contributed by atoms with Crippen LogP contribution in [0.4, 0.5) is 4.39 Å². The van der Waals surface area contributed by atoms with Crippen LogP contribution in [0.1, 0.15) is 22.8 Å². The molecule has 23 heavy (non-hydrogen) atoms. The van der Waals surface area contributed by atoms with Crippen molar-refractivity contribution >= 4 is 17.5 Å². The van der Waals surface area contributed by atoms with Gasteiger partial charge < -0.3 is 15.2 Å². The summed E-state index contributed by atoms with van der Waals surface area (Å²) in [6.45, 7) is 6.56. The Morgan fingerprint density at radius 2 is 2.13 bits per heavy atom. The molecule has 1 aromatic rings. The highest BCUT2D eigenvalue weighted by molar-refractivity contribution is 6.33. The van der Waals surface area contributed by atoms with Gasteiger partial charge in [-0.25, -0.2) is 4.39 Å². The van der Waals surface area contributed by atoms with Gasteiger partial charge in [0.2, 0.25) is 0 Å². The number of aryl methyl sites for hydroxylation is 1. The molecule has 1 unspecified atom stereocenters. The number of amides is 1. The van der Waals surface area contributed by atoms with E-state index in [0.717, 1.165) is 19.2 Å². The second-order valence-electron chi connectivity index (χ2n) is 6.15. The number of nitrogens with zero attached hydrogens (tertiary/aromatic N) is 1. The summed E-state index contributed by atoms with van der Waals surface area (Å²) in [6, 6.07) is 2.53. The van der Waals surface area contributed by atoms with Crippen LogP contribution in [-0.4, -0.2) is 60.9 Å². The molecule has 0 bridgehead atoms. The van der Waals surface area contributed by atoms with E-state index in [1.54, 1.807) is 13.8 Å². The van der Waals surface area contributed by atoms with Crippen LogP contribution in [0.3, 0.4) is 0 Å². The maximum absolute atomic E-state index is 13.4. The smallest absolute Gasteiger partial charge is 0.252 e. The van der Waals surface area contributed by atoms with Crippen molar-refractivity contribution in [2.75, 3.05) is 39.4 Å². The number of benzene rings is 1. The number of carbonyl (C=O) groups excluding carboxylic acids is 1. The standard InChI is InChI=1S/C16H22ClFN2O3/c1-11-7-12(13(17)8-14(11)18)15(21)19-9-16(2,22)10-20-3-5-23-6-4-20/h7-8,22H,3-6,9-10H2,1-2H3,(H,19,21). The molecule has 0 aromatic heterocycles. The molecule has 0 aliphatic carbocycles. The number of rotatable bonds is 5. The maximum atomic E-state index is 13.4. The fraction of sp³-hybridized carbons (Fsp3) is 0.562. The first-order valence-electron chi connectivity index (χ1n) is 7.55. The minimum atomic E-state index is -1.07. The molecule has 1 amide bonds. The number of carbonyl (C=O) groups is 1. The van der Waals surface area contributed by atoms with Crippen molar-refractivity contribution in [3.8, 4) is 0 Å². The van der Waals surface area contributed by atoms with Gasteiger partial charge in [-0.1, -0.05) is 11.6 Å². The summed E-state index contributed by atoms with van der Waals surface area (Å²) in [4.78, 5) is 14.3. The molecule has 0 radical (unpaired) electrons. The van der Waals surface area contributed by atoms with Gasteiger partial charge in [0.05, 0.1) is 29.4 Å². The first-order chi connectivity index (χ1) is 10.8. The summed E-state index contributed by atoms with van der Waals surface area (Å²) in [6.07, 6.45) is 0. The fourth-order valence-electron chi connectivity index (χ4n) is 2.49. The predicted molar refractivity (Wildman–Crippen MR) is 86.4 cm³/mol. The number of hydrogen-bond donors (Lipinski definition) is 2. The lowest BCUT2D eigenvalue weighted by Crippen LogP contribution is -2.51. The molecule has 2 N–H and O–H groups in total. The molecule has 1 heterocycles. The van der Waals surface area contributed by atoms with Crippen LogP contribution in [0.2, 0.25) is 5.02 Å². The number of morpholine rings is 1. The van der Waals surface area contributed by atoms with Crippen molar-refractivity contribution in [3.63, 3.8) is 0 Å². The Kier molecular flexibility index (Phi) is 5.97. The predicted octanol–water partition coefficient (Wildman–Crippen LogP) is 1.60. The second kappa shape index (κ2) is 7.57. The molecule has 1 fully saturated rings. The van der Waals surface area contributed by atoms with Crippen molar-refractivity contribution in [2.24, 2.45) is 0 Å². The van der Waals surface area contributed by atoms with Gasteiger partial charge in [-0.3, -0.25) is 9.69 Å². The highest BCUT2D eigenvalue weighted by Gasteiger charge is 2.26. The summed E-state index contributed by atoms with van der Waals surface area (Å²) in [5.41, 5.74) is -0.526. The summed E-state index contributed by atoms with van der Waals surface area (Å²) < 4.78 is 18.7. The number of halogens is 2. The highest BCUT2D eigenvalue weighted by Crippen LogP contribution is 2.20. The Labute approximate surface area is 140 Å². The fourth-order valence-corrected chi connectivity index (χ4v) is 2.73. The monoisotopic (exact) mass is 344 g/mol. The van der Waals surface area contributed by atoms with Crippen molar-refractivity contribution in [1.29, 1.82) is 0 Å². The van der Waals surface area contributed by atoms with Crippen molar-refractivity contribution < 1.29 is 19.0 Å². The van der Waals surface area contributed by atoms with E-state index in [1.165, 1.54) is 6.07 Å². The van der Waals surface area contributed by atoms with Gasteiger partial charge in [0.1, 0.15) is 5.82 Å². The highest BCUT2D eigenvalue weighted by atomic mass is 35.5. The lowest BCUT2D eigenvalue weighted by molar-refractivity contribution is -0.0213. The van der Waals surface area contributed by atoms with Gasteiger partial charge in [-0.2, -0.15) is 0 Å². The summed E-state index contributed by atoms with van der Waals surface area (Å²) in [7, 11) is 0. The first kappa shape index (κ1) is 18.1. The molecular weight excluding hydrogens is 323 g/mol. The third-order valence-electron chi connectivity index (χ3n) is 3.79. The molecule has 5 nitrogen and oxygen atoms in total. The Morgan fingerprint density at radius 3 is 2.78 bits per heavy atom. The molecule has 2 rings (SSSR count). The zero-order valence-corrected chi connectivity index (χ0v) is 14.1. The first-order valence-corrected chi connectivity index (χ1v) is 7.93. The van der Waals surface area contributed by atoms with Crippen LogP contribution in [0.5, 0.6) is 0 Å². The average Bonchev–Trinajstić information content (AvgIpc) is 2.49. The van der Waals surface area contributed by atoms with Crippen LogP contribution in [0.25, 0.3) is 0 Å². The van der Waals surface area contributed by atoms with Crippen LogP contribution in [0.15, 0.2) is 12.1 Å².